The molecule has 0 aromatic rings. The van der Waals surface area contributed by atoms with E-state index in [2.05, 4.69) is 50.0 Å². The van der Waals surface area contributed by atoms with Crippen LogP contribution in [0.5, 0.6) is 0 Å². The van der Waals surface area contributed by atoms with Gasteiger partial charge in [-0.15, -0.1) is 0 Å². The summed E-state index contributed by atoms with van der Waals surface area (Å²) in [5, 5.41) is 0. The summed E-state index contributed by atoms with van der Waals surface area (Å²) in [7, 11) is 6.28. The second-order valence-electron chi connectivity index (χ2n) is 3.09. The van der Waals surface area contributed by atoms with Crippen molar-refractivity contribution in [2.75, 3.05) is 40.8 Å². The van der Waals surface area contributed by atoms with Gasteiger partial charge in [0.2, 0.25) is 0 Å². The number of likely N-dealkylation sites (N-methyl/N-ethyl adjacent to an activating group) is 2. The Labute approximate surface area is 85.2 Å². The number of nitrogens with zero attached hydrogens (tertiary/aromatic N) is 2. The molecule has 0 heterocycles. The lowest BCUT2D eigenvalue weighted by molar-refractivity contribution is 0.390. The molecule has 0 fully saturated rings. The Morgan fingerprint density at radius 1 is 0.923 bits per heavy atom. The van der Waals surface area contributed by atoms with E-state index >= 15 is 0 Å². The van der Waals surface area contributed by atoms with Crippen LogP contribution in [-0.4, -0.2) is 50.6 Å². The van der Waals surface area contributed by atoms with E-state index in [0.29, 0.717) is 0 Å². The number of hydrogen-bond donors (Lipinski definition) is 0. The van der Waals surface area contributed by atoms with Crippen LogP contribution >= 0.6 is 0 Å². The van der Waals surface area contributed by atoms with Gasteiger partial charge in [-0.1, -0.05) is 33.9 Å². The standard InChI is InChI=1S/C9H20N2.2CH4/c1-5-11(4)9-7-6-8-10(2)3;;/h6-7H,5,8-9H2,1-4H3;2*1H4. The van der Waals surface area contributed by atoms with Crippen LogP contribution < -0.4 is 0 Å². The molecule has 0 saturated carbocycles. The van der Waals surface area contributed by atoms with Crippen molar-refractivity contribution in [3.63, 3.8) is 0 Å². The molecule has 82 valence electrons. The third-order valence-corrected chi connectivity index (χ3v) is 1.59. The third kappa shape index (κ3) is 14.5. The van der Waals surface area contributed by atoms with E-state index in [1.807, 2.05) is 0 Å². The molecule has 0 radical (unpaired) electrons. The van der Waals surface area contributed by atoms with E-state index in [4.69, 9.17) is 0 Å². The zero-order chi connectivity index (χ0) is 8.69. The van der Waals surface area contributed by atoms with Gasteiger partial charge in [0.05, 0.1) is 0 Å². The van der Waals surface area contributed by atoms with Gasteiger partial charge in [-0.2, -0.15) is 0 Å². The molecule has 0 N–H and O–H groups in total. The molecule has 0 bridgehead atoms. The van der Waals surface area contributed by atoms with Gasteiger partial charge in [-0.3, -0.25) is 0 Å². The van der Waals surface area contributed by atoms with Crippen molar-refractivity contribution in [1.82, 2.24) is 9.80 Å². The summed E-state index contributed by atoms with van der Waals surface area (Å²) >= 11 is 0. The van der Waals surface area contributed by atoms with Crippen molar-refractivity contribution >= 4 is 0 Å². The largest absolute Gasteiger partial charge is 0.306 e. The fourth-order valence-corrected chi connectivity index (χ4v) is 0.669. The van der Waals surface area contributed by atoms with Crippen molar-refractivity contribution in [3.05, 3.63) is 12.2 Å². The Balaban J connectivity index is -0.000000500. The first-order chi connectivity index (χ1) is 5.16. The van der Waals surface area contributed by atoms with E-state index in [0.717, 1.165) is 19.6 Å². The van der Waals surface area contributed by atoms with Crippen LogP contribution in [0.2, 0.25) is 0 Å². The summed E-state index contributed by atoms with van der Waals surface area (Å²) in [5.74, 6) is 0. The summed E-state index contributed by atoms with van der Waals surface area (Å²) in [4.78, 5) is 4.43. The van der Waals surface area contributed by atoms with Crippen molar-refractivity contribution in [2.45, 2.75) is 21.8 Å². The lowest BCUT2D eigenvalue weighted by Gasteiger charge is -2.10. The topological polar surface area (TPSA) is 6.48 Å². The molecule has 0 aliphatic heterocycles. The molecule has 0 aromatic carbocycles. The van der Waals surface area contributed by atoms with Gasteiger partial charge in [-0.25, -0.2) is 0 Å². The van der Waals surface area contributed by atoms with Crippen LogP contribution in [0.4, 0.5) is 0 Å². The number of rotatable bonds is 5. The minimum absolute atomic E-state index is 0. The van der Waals surface area contributed by atoms with E-state index in [-0.39, 0.29) is 14.9 Å². The average molecular weight is 188 g/mol. The molecule has 0 spiro atoms. The smallest absolute Gasteiger partial charge is 0.0160 e. The Hall–Kier alpha value is -0.340. The Morgan fingerprint density at radius 3 is 1.77 bits per heavy atom. The van der Waals surface area contributed by atoms with Crippen LogP contribution in [-0.2, 0) is 0 Å². The molecule has 0 unspecified atom stereocenters. The van der Waals surface area contributed by atoms with Crippen molar-refractivity contribution < 1.29 is 0 Å². The van der Waals surface area contributed by atoms with E-state index < -0.39 is 0 Å². The molecular weight excluding hydrogens is 160 g/mol. The zero-order valence-corrected chi connectivity index (χ0v) is 8.17. The Kier molecular flexibility index (Phi) is 16.5. The second-order valence-corrected chi connectivity index (χ2v) is 3.09. The molecule has 0 aromatic heterocycles. The number of hydrogen-bond acceptors (Lipinski definition) is 2. The predicted octanol–water partition coefficient (Wildman–Crippen LogP) is 2.33. The van der Waals surface area contributed by atoms with Gasteiger partial charge in [0.1, 0.15) is 0 Å². The maximum absolute atomic E-state index is 2.27. The van der Waals surface area contributed by atoms with E-state index in [1.54, 1.807) is 0 Å². The van der Waals surface area contributed by atoms with Gasteiger partial charge in [0.15, 0.2) is 0 Å². The average Bonchev–Trinajstić information content (AvgIpc) is 1.97. The van der Waals surface area contributed by atoms with Gasteiger partial charge in [0.25, 0.3) is 0 Å². The molecular formula is C11H28N2. The lowest BCUT2D eigenvalue weighted by atomic mass is 10.4. The van der Waals surface area contributed by atoms with Gasteiger partial charge in [0, 0.05) is 13.1 Å². The first kappa shape index (κ1) is 18.4. The summed E-state index contributed by atoms with van der Waals surface area (Å²) in [5.41, 5.74) is 0. The highest BCUT2D eigenvalue weighted by atomic mass is 15.1. The quantitative estimate of drug-likeness (QED) is 0.611. The Bertz CT molecular complexity index is 109. The van der Waals surface area contributed by atoms with E-state index in [9.17, 15) is 0 Å². The molecule has 0 amide bonds. The summed E-state index contributed by atoms with van der Waals surface area (Å²) in [6.45, 7) is 5.38. The maximum Gasteiger partial charge on any atom is 0.0160 e. The molecule has 0 atom stereocenters. The fourth-order valence-electron chi connectivity index (χ4n) is 0.669. The first-order valence-electron chi connectivity index (χ1n) is 4.15. The summed E-state index contributed by atoms with van der Waals surface area (Å²) in [6.07, 6.45) is 4.41. The molecule has 13 heavy (non-hydrogen) atoms. The monoisotopic (exact) mass is 188 g/mol. The van der Waals surface area contributed by atoms with Crippen molar-refractivity contribution in [2.24, 2.45) is 0 Å². The highest BCUT2D eigenvalue weighted by Crippen LogP contribution is 1.83. The molecule has 0 saturated heterocycles. The summed E-state index contributed by atoms with van der Waals surface area (Å²) in [6, 6.07) is 0. The summed E-state index contributed by atoms with van der Waals surface area (Å²) < 4.78 is 0. The SMILES string of the molecule is C.C.CCN(C)CC=CCN(C)C. The highest BCUT2D eigenvalue weighted by Gasteiger charge is 1.87. The van der Waals surface area contributed by atoms with Gasteiger partial charge >= 0.3 is 0 Å². The molecule has 2 heteroatoms. The normalized spacial score (nSPS) is 10.3. The molecule has 0 aliphatic carbocycles. The van der Waals surface area contributed by atoms with Crippen LogP contribution in [0.15, 0.2) is 12.2 Å². The minimum Gasteiger partial charge on any atom is -0.306 e. The first-order valence-corrected chi connectivity index (χ1v) is 4.15. The Morgan fingerprint density at radius 2 is 1.38 bits per heavy atom. The molecule has 0 rings (SSSR count). The van der Waals surface area contributed by atoms with Crippen LogP contribution in [0.3, 0.4) is 0 Å². The highest BCUT2D eigenvalue weighted by molar-refractivity contribution is 4.85. The third-order valence-electron chi connectivity index (χ3n) is 1.59. The van der Waals surface area contributed by atoms with Gasteiger partial charge in [-0.05, 0) is 27.7 Å². The predicted molar refractivity (Wildman–Crippen MR) is 64.3 cm³/mol. The van der Waals surface area contributed by atoms with Crippen LogP contribution in [0, 0.1) is 0 Å². The van der Waals surface area contributed by atoms with Crippen molar-refractivity contribution in [1.29, 1.82) is 0 Å². The molecule has 0 aliphatic rings. The lowest BCUT2D eigenvalue weighted by Crippen LogP contribution is -2.17. The fraction of sp³-hybridized carbons (Fsp3) is 0.818. The van der Waals surface area contributed by atoms with E-state index in [1.165, 1.54) is 0 Å². The van der Waals surface area contributed by atoms with Crippen LogP contribution in [0.25, 0.3) is 0 Å². The molecule has 2 nitrogen and oxygen atoms in total. The maximum atomic E-state index is 2.27. The zero-order valence-electron chi connectivity index (χ0n) is 8.17. The van der Waals surface area contributed by atoms with Crippen molar-refractivity contribution in [3.8, 4) is 0 Å². The second kappa shape index (κ2) is 11.7. The van der Waals surface area contributed by atoms with Gasteiger partial charge < -0.3 is 9.80 Å². The van der Waals surface area contributed by atoms with Crippen LogP contribution in [0.1, 0.15) is 21.8 Å². The minimum atomic E-state index is 0.